The summed E-state index contributed by atoms with van der Waals surface area (Å²) in [7, 11) is 1.58. The molecule has 3 aromatic rings. The number of hydrogen-bond acceptors (Lipinski definition) is 5. The van der Waals surface area contributed by atoms with Gasteiger partial charge in [-0.25, -0.2) is 0 Å². The molecule has 1 aromatic heterocycles. The van der Waals surface area contributed by atoms with Crippen LogP contribution in [0.4, 0.5) is 11.4 Å². The van der Waals surface area contributed by atoms with Crippen molar-refractivity contribution >= 4 is 39.9 Å². The third-order valence-corrected chi connectivity index (χ3v) is 5.84. The van der Waals surface area contributed by atoms with Crippen molar-refractivity contribution in [3.8, 4) is 16.2 Å². The van der Waals surface area contributed by atoms with Gasteiger partial charge in [-0.3, -0.25) is 13.3 Å². The third kappa shape index (κ3) is 4.02. The standard InChI is InChI=1S/C19H18N2O4S2/c1-12-3-7-14(8-4-12)21(27(23)24)16-11-17(26-18(16)19(20)22)13-5-9-15(25-2)10-6-13/h3-11H,1-2H3,(H2,20,22)(H,23,24)/p-1. The quantitative estimate of drug-likeness (QED) is 0.636. The predicted octanol–water partition coefficient (Wildman–Crippen LogP) is 3.76. The Bertz CT molecular complexity index is 982. The maximum atomic E-state index is 12.0. The molecule has 1 atom stereocenters. The average Bonchev–Trinajstić information content (AvgIpc) is 3.08. The van der Waals surface area contributed by atoms with Crippen LogP contribution in [0.25, 0.3) is 10.4 Å². The van der Waals surface area contributed by atoms with E-state index in [-0.39, 0.29) is 10.6 Å². The second-order valence-corrected chi connectivity index (χ2v) is 7.62. The number of nitrogens with zero attached hydrogens (tertiary/aromatic N) is 1. The third-order valence-electron chi connectivity index (χ3n) is 3.95. The molecule has 1 heterocycles. The molecule has 1 amide bonds. The normalized spacial score (nSPS) is 11.8. The van der Waals surface area contributed by atoms with Gasteiger partial charge in [0.25, 0.3) is 5.91 Å². The van der Waals surface area contributed by atoms with E-state index in [9.17, 15) is 13.6 Å². The van der Waals surface area contributed by atoms with Gasteiger partial charge in [-0.2, -0.15) is 0 Å². The fourth-order valence-electron chi connectivity index (χ4n) is 2.59. The summed E-state index contributed by atoms with van der Waals surface area (Å²) < 4.78 is 30.1. The highest BCUT2D eigenvalue weighted by molar-refractivity contribution is 7.81. The lowest BCUT2D eigenvalue weighted by Gasteiger charge is -2.26. The van der Waals surface area contributed by atoms with Crippen molar-refractivity contribution in [3.63, 3.8) is 0 Å². The minimum Gasteiger partial charge on any atom is -0.755 e. The number of anilines is 2. The second kappa shape index (κ2) is 7.91. The summed E-state index contributed by atoms with van der Waals surface area (Å²) in [5.74, 6) is 0.0184. The zero-order chi connectivity index (χ0) is 19.6. The first-order valence-corrected chi connectivity index (χ1v) is 9.79. The van der Waals surface area contributed by atoms with Gasteiger partial charge in [-0.1, -0.05) is 17.7 Å². The Balaban J connectivity index is 2.11. The van der Waals surface area contributed by atoms with E-state index in [4.69, 9.17) is 10.5 Å². The van der Waals surface area contributed by atoms with Crippen LogP contribution in [0.3, 0.4) is 0 Å². The summed E-state index contributed by atoms with van der Waals surface area (Å²) in [4.78, 5) is 12.9. The number of amides is 1. The molecule has 0 aliphatic rings. The fraction of sp³-hybridized carbons (Fsp3) is 0.105. The summed E-state index contributed by atoms with van der Waals surface area (Å²) in [6.45, 7) is 1.91. The largest absolute Gasteiger partial charge is 0.755 e. The Morgan fingerprint density at radius 3 is 2.30 bits per heavy atom. The molecule has 0 spiro atoms. The highest BCUT2D eigenvalue weighted by Crippen LogP contribution is 2.40. The number of rotatable bonds is 6. The number of hydrogen-bond donors (Lipinski definition) is 1. The van der Waals surface area contributed by atoms with Gasteiger partial charge in [-0.05, 0) is 55.0 Å². The van der Waals surface area contributed by atoms with Crippen molar-refractivity contribution < 1.29 is 18.3 Å². The van der Waals surface area contributed by atoms with Crippen molar-refractivity contribution in [2.75, 3.05) is 11.4 Å². The predicted molar refractivity (Wildman–Crippen MR) is 107 cm³/mol. The lowest BCUT2D eigenvalue weighted by molar-refractivity contribution is 0.100. The highest BCUT2D eigenvalue weighted by atomic mass is 32.2. The van der Waals surface area contributed by atoms with Crippen molar-refractivity contribution in [2.45, 2.75) is 6.92 Å². The number of primary amides is 1. The van der Waals surface area contributed by atoms with E-state index in [2.05, 4.69) is 0 Å². The SMILES string of the molecule is COc1ccc(-c2cc(N(c3ccc(C)cc3)S(=O)[O-])c(C(N)=O)s2)cc1. The van der Waals surface area contributed by atoms with E-state index >= 15 is 0 Å². The Hall–Kier alpha value is -2.68. The van der Waals surface area contributed by atoms with E-state index in [1.165, 1.54) is 0 Å². The zero-order valence-electron chi connectivity index (χ0n) is 14.7. The molecule has 6 nitrogen and oxygen atoms in total. The number of aryl methyl sites for hydroxylation is 1. The Morgan fingerprint density at radius 2 is 1.78 bits per heavy atom. The van der Waals surface area contributed by atoms with E-state index in [0.29, 0.717) is 11.4 Å². The molecule has 0 radical (unpaired) electrons. The highest BCUT2D eigenvalue weighted by Gasteiger charge is 2.22. The maximum Gasteiger partial charge on any atom is 0.260 e. The summed E-state index contributed by atoms with van der Waals surface area (Å²) >= 11 is -1.48. The van der Waals surface area contributed by atoms with Gasteiger partial charge in [0, 0.05) is 4.88 Å². The second-order valence-electron chi connectivity index (χ2n) is 5.76. The summed E-state index contributed by atoms with van der Waals surface area (Å²) in [6.07, 6.45) is 0. The molecular weight excluding hydrogens is 384 g/mol. The topological polar surface area (TPSA) is 95.7 Å². The molecule has 2 N–H and O–H groups in total. The molecule has 0 saturated carbocycles. The monoisotopic (exact) mass is 401 g/mol. The molecule has 3 rings (SSSR count). The molecule has 0 aliphatic heterocycles. The van der Waals surface area contributed by atoms with Gasteiger partial charge in [0.2, 0.25) is 0 Å². The molecule has 27 heavy (non-hydrogen) atoms. The van der Waals surface area contributed by atoms with Crippen LogP contribution in [-0.2, 0) is 11.3 Å². The van der Waals surface area contributed by atoms with Gasteiger partial charge >= 0.3 is 0 Å². The van der Waals surface area contributed by atoms with Gasteiger partial charge in [0.05, 0.1) is 29.8 Å². The molecule has 0 aliphatic carbocycles. The van der Waals surface area contributed by atoms with Crippen LogP contribution in [0.2, 0.25) is 0 Å². The lowest BCUT2D eigenvalue weighted by atomic mass is 10.1. The first kappa shape index (κ1) is 19.1. The van der Waals surface area contributed by atoms with E-state index in [1.807, 2.05) is 19.1 Å². The maximum absolute atomic E-state index is 12.0. The fourth-order valence-corrected chi connectivity index (χ4v) is 4.25. The molecule has 0 fully saturated rings. The number of ether oxygens (including phenoxy) is 1. The van der Waals surface area contributed by atoms with Crippen LogP contribution in [0.5, 0.6) is 5.75 Å². The van der Waals surface area contributed by atoms with Crippen molar-refractivity contribution in [2.24, 2.45) is 5.73 Å². The van der Waals surface area contributed by atoms with Gasteiger partial charge < -0.3 is 15.0 Å². The number of nitrogens with two attached hydrogens (primary N) is 1. The Kier molecular flexibility index (Phi) is 5.59. The Morgan fingerprint density at radius 1 is 1.15 bits per heavy atom. The van der Waals surface area contributed by atoms with Gasteiger partial charge in [0.15, 0.2) is 0 Å². The van der Waals surface area contributed by atoms with Crippen molar-refractivity contribution in [1.29, 1.82) is 0 Å². The molecule has 2 aromatic carbocycles. The first-order valence-electron chi connectivity index (χ1n) is 7.95. The summed E-state index contributed by atoms with van der Waals surface area (Å²) in [5, 5.41) is 0. The number of methoxy groups -OCH3 is 1. The summed E-state index contributed by atoms with van der Waals surface area (Å²) in [5.41, 5.74) is 8.00. The van der Waals surface area contributed by atoms with Gasteiger partial charge in [0.1, 0.15) is 10.6 Å². The number of benzene rings is 2. The smallest absolute Gasteiger partial charge is 0.260 e. The van der Waals surface area contributed by atoms with Gasteiger partial charge in [-0.15, -0.1) is 11.3 Å². The zero-order valence-corrected chi connectivity index (χ0v) is 16.3. The van der Waals surface area contributed by atoms with E-state index < -0.39 is 17.2 Å². The number of carbonyl (C=O) groups excluding carboxylic acids is 1. The van der Waals surface area contributed by atoms with Crippen LogP contribution < -0.4 is 14.8 Å². The van der Waals surface area contributed by atoms with E-state index in [0.717, 1.165) is 31.6 Å². The van der Waals surface area contributed by atoms with Crippen LogP contribution in [0, 0.1) is 6.92 Å². The van der Waals surface area contributed by atoms with Crippen LogP contribution in [0.15, 0.2) is 54.6 Å². The molecule has 8 heteroatoms. The molecule has 0 saturated heterocycles. The van der Waals surface area contributed by atoms with Crippen LogP contribution in [0.1, 0.15) is 15.2 Å². The first-order chi connectivity index (χ1) is 12.9. The molecule has 140 valence electrons. The molecular formula is C19H17N2O4S2-. The molecule has 1 unspecified atom stereocenters. The van der Waals surface area contributed by atoms with E-state index in [1.54, 1.807) is 49.6 Å². The molecule has 0 bridgehead atoms. The lowest BCUT2D eigenvalue weighted by Crippen LogP contribution is -2.22. The minimum absolute atomic E-state index is 0.172. The summed E-state index contributed by atoms with van der Waals surface area (Å²) in [6, 6.07) is 15.9. The van der Waals surface area contributed by atoms with Crippen molar-refractivity contribution in [3.05, 3.63) is 65.0 Å². The van der Waals surface area contributed by atoms with Crippen molar-refractivity contribution in [1.82, 2.24) is 0 Å². The Labute approximate surface area is 163 Å². The average molecular weight is 401 g/mol. The number of carbonyl (C=O) groups is 1. The van der Waals surface area contributed by atoms with Crippen LogP contribution >= 0.6 is 11.3 Å². The number of thiophene rings is 1. The van der Waals surface area contributed by atoms with Crippen LogP contribution in [-0.4, -0.2) is 21.8 Å². The minimum atomic E-state index is -2.62.